The number of para-hydroxylation sites is 1. The van der Waals surface area contributed by atoms with E-state index in [-0.39, 0.29) is 24.4 Å². The van der Waals surface area contributed by atoms with E-state index < -0.39 is 0 Å². The van der Waals surface area contributed by atoms with Gasteiger partial charge in [0.1, 0.15) is 5.75 Å². The molecule has 2 heterocycles. The number of carbonyl (C=O) groups excluding carboxylic acids is 1. The highest BCUT2D eigenvalue weighted by molar-refractivity contribution is 5.83. The van der Waals surface area contributed by atoms with Crippen LogP contribution < -0.4 is 14.2 Å². The Labute approximate surface area is 224 Å². The first-order chi connectivity index (χ1) is 18.6. The molecular formula is C31H33N3O4. The number of ether oxygens (including phenoxy) is 3. The monoisotopic (exact) mass is 511 g/mol. The summed E-state index contributed by atoms with van der Waals surface area (Å²) in [6.07, 6.45) is 1.53. The SMILES string of the molecule is COc1ccccc1CN1Cc2ccccc2CC1C(=O)N1CCc2cc(OC)c(OC)cc2C1CC#N. The van der Waals surface area contributed by atoms with Crippen LogP contribution in [0.25, 0.3) is 0 Å². The van der Waals surface area contributed by atoms with Crippen molar-refractivity contribution in [1.82, 2.24) is 9.80 Å². The highest BCUT2D eigenvalue weighted by Crippen LogP contribution is 2.40. The third kappa shape index (κ3) is 4.80. The third-order valence-corrected chi connectivity index (χ3v) is 7.77. The summed E-state index contributed by atoms with van der Waals surface area (Å²) in [5, 5.41) is 9.75. The second-order valence-electron chi connectivity index (χ2n) is 9.77. The molecule has 0 N–H and O–H groups in total. The molecular weight excluding hydrogens is 478 g/mol. The maximum atomic E-state index is 14.4. The fraction of sp³-hybridized carbons (Fsp3) is 0.355. The Hall–Kier alpha value is -4.02. The van der Waals surface area contributed by atoms with Crippen LogP contribution in [-0.2, 0) is 30.7 Å². The molecule has 0 aromatic heterocycles. The molecule has 3 aromatic carbocycles. The van der Waals surface area contributed by atoms with Gasteiger partial charge in [0.25, 0.3) is 0 Å². The van der Waals surface area contributed by atoms with Gasteiger partial charge in [0.15, 0.2) is 11.5 Å². The molecule has 2 aliphatic heterocycles. The summed E-state index contributed by atoms with van der Waals surface area (Å²) in [7, 11) is 4.89. The van der Waals surface area contributed by atoms with E-state index in [0.717, 1.165) is 22.4 Å². The van der Waals surface area contributed by atoms with Crippen molar-refractivity contribution in [3.05, 3.63) is 88.5 Å². The van der Waals surface area contributed by atoms with Crippen LogP contribution in [0.1, 0.15) is 40.3 Å². The average Bonchev–Trinajstić information content (AvgIpc) is 2.96. The van der Waals surface area contributed by atoms with Gasteiger partial charge in [-0.1, -0.05) is 42.5 Å². The van der Waals surface area contributed by atoms with Crippen molar-refractivity contribution in [3.63, 3.8) is 0 Å². The Bertz CT molecular complexity index is 1370. The van der Waals surface area contributed by atoms with E-state index in [0.29, 0.717) is 44.0 Å². The van der Waals surface area contributed by atoms with Crippen LogP contribution in [0.2, 0.25) is 0 Å². The molecule has 7 nitrogen and oxygen atoms in total. The third-order valence-electron chi connectivity index (χ3n) is 7.77. The van der Waals surface area contributed by atoms with Gasteiger partial charge in [-0.25, -0.2) is 0 Å². The molecule has 2 unspecified atom stereocenters. The van der Waals surface area contributed by atoms with Crippen molar-refractivity contribution in [3.8, 4) is 23.3 Å². The molecule has 0 saturated heterocycles. The molecule has 1 amide bonds. The smallest absolute Gasteiger partial charge is 0.240 e. The largest absolute Gasteiger partial charge is 0.496 e. The molecule has 196 valence electrons. The average molecular weight is 512 g/mol. The number of rotatable bonds is 7. The van der Waals surface area contributed by atoms with Crippen molar-refractivity contribution < 1.29 is 19.0 Å². The minimum atomic E-state index is -0.349. The number of hydrogen-bond donors (Lipinski definition) is 0. The number of nitrogens with zero attached hydrogens (tertiary/aromatic N) is 3. The van der Waals surface area contributed by atoms with Gasteiger partial charge in [0.05, 0.1) is 45.9 Å². The zero-order valence-electron chi connectivity index (χ0n) is 22.1. The summed E-state index contributed by atoms with van der Waals surface area (Å²) < 4.78 is 16.7. The van der Waals surface area contributed by atoms with Crippen molar-refractivity contribution >= 4 is 5.91 Å². The van der Waals surface area contributed by atoms with Crippen molar-refractivity contribution in [1.29, 1.82) is 5.26 Å². The van der Waals surface area contributed by atoms with Gasteiger partial charge in [0, 0.05) is 25.2 Å². The van der Waals surface area contributed by atoms with Crippen LogP contribution in [0.15, 0.2) is 60.7 Å². The van der Waals surface area contributed by atoms with Crippen molar-refractivity contribution in [2.24, 2.45) is 0 Å². The fourth-order valence-electron chi connectivity index (χ4n) is 5.83. The summed E-state index contributed by atoms with van der Waals surface area (Å²) in [6.45, 7) is 1.81. The first kappa shape index (κ1) is 25.6. The molecule has 5 rings (SSSR count). The fourth-order valence-corrected chi connectivity index (χ4v) is 5.83. The highest BCUT2D eigenvalue weighted by Gasteiger charge is 2.39. The number of fused-ring (bicyclic) bond motifs is 2. The lowest BCUT2D eigenvalue weighted by Crippen LogP contribution is -2.53. The molecule has 7 heteroatoms. The number of nitriles is 1. The van der Waals surface area contributed by atoms with Gasteiger partial charge in [-0.15, -0.1) is 0 Å². The Morgan fingerprint density at radius 3 is 2.34 bits per heavy atom. The zero-order chi connectivity index (χ0) is 26.6. The van der Waals surface area contributed by atoms with Crippen LogP contribution in [0, 0.1) is 11.3 Å². The molecule has 3 aromatic rings. The molecule has 0 radical (unpaired) electrons. The molecule has 0 aliphatic carbocycles. The molecule has 2 aliphatic rings. The van der Waals surface area contributed by atoms with Gasteiger partial charge >= 0.3 is 0 Å². The lowest BCUT2D eigenvalue weighted by atomic mass is 9.88. The predicted molar refractivity (Wildman–Crippen MR) is 144 cm³/mol. The van der Waals surface area contributed by atoms with E-state index in [1.54, 1.807) is 21.3 Å². The van der Waals surface area contributed by atoms with E-state index in [4.69, 9.17) is 14.2 Å². The minimum Gasteiger partial charge on any atom is -0.496 e. The number of amides is 1. The first-order valence-corrected chi connectivity index (χ1v) is 12.9. The maximum absolute atomic E-state index is 14.4. The van der Waals surface area contributed by atoms with Gasteiger partial charge in [-0.2, -0.15) is 5.26 Å². The number of carbonyl (C=O) groups is 1. The van der Waals surface area contributed by atoms with E-state index in [9.17, 15) is 10.1 Å². The van der Waals surface area contributed by atoms with Crippen LogP contribution in [0.4, 0.5) is 0 Å². The van der Waals surface area contributed by atoms with Crippen LogP contribution in [0.5, 0.6) is 17.2 Å². The Morgan fingerprint density at radius 1 is 0.921 bits per heavy atom. The minimum absolute atomic E-state index is 0.0510. The van der Waals surface area contributed by atoms with E-state index in [1.165, 1.54) is 11.1 Å². The first-order valence-electron chi connectivity index (χ1n) is 12.9. The zero-order valence-corrected chi connectivity index (χ0v) is 22.1. The quantitative estimate of drug-likeness (QED) is 0.459. The summed E-state index contributed by atoms with van der Waals surface area (Å²) >= 11 is 0. The number of benzene rings is 3. The molecule has 0 bridgehead atoms. The molecule has 0 spiro atoms. The highest BCUT2D eigenvalue weighted by atomic mass is 16.5. The van der Waals surface area contributed by atoms with Crippen LogP contribution >= 0.6 is 0 Å². The summed E-state index contributed by atoms with van der Waals surface area (Å²) in [5.74, 6) is 2.13. The topological polar surface area (TPSA) is 75.0 Å². The predicted octanol–water partition coefficient (Wildman–Crippen LogP) is 4.68. The number of hydrogen-bond acceptors (Lipinski definition) is 6. The van der Waals surface area contributed by atoms with Crippen molar-refractivity contribution in [2.75, 3.05) is 27.9 Å². The van der Waals surface area contributed by atoms with Crippen LogP contribution in [0.3, 0.4) is 0 Å². The van der Waals surface area contributed by atoms with Gasteiger partial charge < -0.3 is 19.1 Å². The maximum Gasteiger partial charge on any atom is 0.240 e. The lowest BCUT2D eigenvalue weighted by Gasteiger charge is -2.43. The van der Waals surface area contributed by atoms with E-state index >= 15 is 0 Å². The lowest BCUT2D eigenvalue weighted by molar-refractivity contribution is -0.141. The summed E-state index contributed by atoms with van der Waals surface area (Å²) in [4.78, 5) is 18.5. The van der Waals surface area contributed by atoms with Crippen molar-refractivity contribution in [2.45, 2.75) is 44.4 Å². The molecule has 0 fully saturated rings. The summed E-state index contributed by atoms with van der Waals surface area (Å²) in [5.41, 5.74) is 5.52. The standard InChI is InChI=1S/C31H33N3O4/c1-36-28-11-7-6-10-24(28)20-33-19-23-9-5-4-8-21(23)16-27(33)31(35)34-15-13-22-17-29(37-2)30(38-3)18-25(22)26(34)12-14-32/h4-11,17-18,26-27H,12-13,15-16,19-20H2,1-3H3. The second-order valence-corrected chi connectivity index (χ2v) is 9.77. The summed E-state index contributed by atoms with van der Waals surface area (Å²) in [6, 6.07) is 21.8. The second kappa shape index (κ2) is 11.2. The van der Waals surface area contributed by atoms with Gasteiger partial charge in [-0.05, 0) is 53.3 Å². The van der Waals surface area contributed by atoms with E-state index in [2.05, 4.69) is 35.2 Å². The van der Waals surface area contributed by atoms with Gasteiger partial charge in [-0.3, -0.25) is 9.69 Å². The number of methoxy groups -OCH3 is 3. The Morgan fingerprint density at radius 2 is 1.61 bits per heavy atom. The molecule has 38 heavy (non-hydrogen) atoms. The van der Waals surface area contributed by atoms with Gasteiger partial charge in [0.2, 0.25) is 5.91 Å². The molecule has 2 atom stereocenters. The molecule has 0 saturated carbocycles. The Balaban J connectivity index is 1.50. The normalized spacial score (nSPS) is 18.6. The Kier molecular flexibility index (Phi) is 7.52. The van der Waals surface area contributed by atoms with E-state index in [1.807, 2.05) is 41.3 Å². The van der Waals surface area contributed by atoms with Crippen LogP contribution in [-0.4, -0.2) is 49.6 Å².